The molecule has 3 saturated heterocycles. The molecule has 0 aromatic carbocycles. The van der Waals surface area contributed by atoms with Crippen molar-refractivity contribution in [3.05, 3.63) is 0 Å². The number of epoxide rings is 1. The molecule has 98 valence electrons. The summed E-state index contributed by atoms with van der Waals surface area (Å²) in [5.41, 5.74) is 0. The standard InChI is InChI=1S/C12H20O5/c1-11(2)13-5-7(16-11)9-10(15-9)8-6-14-12(3,4)17-8/h7-10H,5-6H2,1-4H3/t7-,8-,9-,10+/m0/s1. The van der Waals surface area contributed by atoms with Gasteiger partial charge in [0.15, 0.2) is 11.6 Å². The van der Waals surface area contributed by atoms with Crippen LogP contribution < -0.4 is 0 Å². The summed E-state index contributed by atoms with van der Waals surface area (Å²) in [6.45, 7) is 8.85. The van der Waals surface area contributed by atoms with Crippen molar-refractivity contribution >= 4 is 0 Å². The Labute approximate surface area is 101 Å². The first-order valence-corrected chi connectivity index (χ1v) is 6.15. The maximum atomic E-state index is 5.77. The Hall–Kier alpha value is -0.200. The number of hydrogen-bond donors (Lipinski definition) is 0. The van der Waals surface area contributed by atoms with Gasteiger partial charge in [-0.15, -0.1) is 0 Å². The van der Waals surface area contributed by atoms with Gasteiger partial charge < -0.3 is 23.7 Å². The SMILES string of the molecule is CC1(C)OC[C@@H]([C@@H]2O[C@@H]2[C@@H]2COC(C)(C)O2)O1. The fourth-order valence-corrected chi connectivity index (χ4v) is 2.49. The van der Waals surface area contributed by atoms with Crippen LogP contribution in [-0.4, -0.2) is 49.2 Å². The third kappa shape index (κ3) is 2.35. The molecule has 0 saturated carbocycles. The molecule has 3 aliphatic heterocycles. The number of ether oxygens (including phenoxy) is 5. The van der Waals surface area contributed by atoms with E-state index in [1.807, 2.05) is 27.7 Å². The van der Waals surface area contributed by atoms with E-state index in [4.69, 9.17) is 23.7 Å². The molecule has 3 rings (SSSR count). The molecule has 3 fully saturated rings. The van der Waals surface area contributed by atoms with Crippen LogP contribution in [0.1, 0.15) is 27.7 Å². The lowest BCUT2D eigenvalue weighted by atomic mass is 10.1. The van der Waals surface area contributed by atoms with Crippen molar-refractivity contribution in [1.82, 2.24) is 0 Å². The Morgan fingerprint density at radius 2 is 1.18 bits per heavy atom. The van der Waals surface area contributed by atoms with Crippen LogP contribution in [0.15, 0.2) is 0 Å². The van der Waals surface area contributed by atoms with Crippen molar-refractivity contribution in [3.8, 4) is 0 Å². The third-order valence-corrected chi connectivity index (χ3v) is 3.36. The van der Waals surface area contributed by atoms with Crippen molar-refractivity contribution < 1.29 is 23.7 Å². The molecule has 0 N–H and O–H groups in total. The summed E-state index contributed by atoms with van der Waals surface area (Å²) in [5.74, 6) is -0.985. The van der Waals surface area contributed by atoms with Gasteiger partial charge in [-0.2, -0.15) is 0 Å². The molecule has 3 aliphatic rings. The van der Waals surface area contributed by atoms with E-state index in [0.29, 0.717) is 13.2 Å². The molecule has 0 spiro atoms. The molecular formula is C12H20O5. The highest BCUT2D eigenvalue weighted by atomic mass is 16.8. The zero-order valence-electron chi connectivity index (χ0n) is 10.8. The molecule has 0 bridgehead atoms. The first-order chi connectivity index (χ1) is 7.86. The van der Waals surface area contributed by atoms with Gasteiger partial charge in [-0.3, -0.25) is 0 Å². The fraction of sp³-hybridized carbons (Fsp3) is 1.00. The monoisotopic (exact) mass is 244 g/mol. The summed E-state index contributed by atoms with van der Waals surface area (Å²) >= 11 is 0. The van der Waals surface area contributed by atoms with E-state index in [0.717, 1.165) is 0 Å². The highest BCUT2D eigenvalue weighted by molar-refractivity contribution is 5.00. The van der Waals surface area contributed by atoms with E-state index in [1.54, 1.807) is 0 Å². The maximum Gasteiger partial charge on any atom is 0.163 e. The zero-order chi connectivity index (χ0) is 12.3. The third-order valence-electron chi connectivity index (χ3n) is 3.36. The van der Waals surface area contributed by atoms with E-state index in [2.05, 4.69) is 0 Å². The van der Waals surface area contributed by atoms with E-state index in [9.17, 15) is 0 Å². The second-order valence-corrected chi connectivity index (χ2v) is 5.80. The van der Waals surface area contributed by atoms with Crippen LogP contribution in [0, 0.1) is 0 Å². The van der Waals surface area contributed by atoms with Gasteiger partial charge in [-0.1, -0.05) is 0 Å². The minimum Gasteiger partial charge on any atom is -0.364 e. The highest BCUT2D eigenvalue weighted by Crippen LogP contribution is 2.40. The molecule has 0 radical (unpaired) electrons. The lowest BCUT2D eigenvalue weighted by Crippen LogP contribution is -2.30. The molecule has 0 aromatic heterocycles. The van der Waals surface area contributed by atoms with Crippen molar-refractivity contribution in [2.45, 2.75) is 63.7 Å². The minimum atomic E-state index is -0.493. The first-order valence-electron chi connectivity index (χ1n) is 6.15. The summed E-state index contributed by atoms with van der Waals surface area (Å²) in [4.78, 5) is 0. The van der Waals surface area contributed by atoms with Crippen molar-refractivity contribution in [2.75, 3.05) is 13.2 Å². The fourth-order valence-electron chi connectivity index (χ4n) is 2.49. The molecule has 0 unspecified atom stereocenters. The predicted octanol–water partition coefficient (Wildman–Crippen LogP) is 1.06. The maximum absolute atomic E-state index is 5.77. The molecule has 0 aliphatic carbocycles. The van der Waals surface area contributed by atoms with Crippen molar-refractivity contribution in [3.63, 3.8) is 0 Å². The van der Waals surface area contributed by atoms with Crippen LogP contribution in [0.5, 0.6) is 0 Å². The summed E-state index contributed by atoms with van der Waals surface area (Å²) in [6.07, 6.45) is 0.197. The van der Waals surface area contributed by atoms with Crippen LogP contribution in [0.25, 0.3) is 0 Å². The van der Waals surface area contributed by atoms with Gasteiger partial charge in [-0.25, -0.2) is 0 Å². The quantitative estimate of drug-likeness (QED) is 0.680. The highest BCUT2D eigenvalue weighted by Gasteiger charge is 2.56. The van der Waals surface area contributed by atoms with E-state index in [-0.39, 0.29) is 24.4 Å². The normalized spacial score (nSPS) is 47.3. The van der Waals surface area contributed by atoms with Gasteiger partial charge in [0.25, 0.3) is 0 Å². The van der Waals surface area contributed by atoms with Crippen LogP contribution in [0.4, 0.5) is 0 Å². The average molecular weight is 244 g/mol. The van der Waals surface area contributed by atoms with Crippen LogP contribution in [0.3, 0.4) is 0 Å². The minimum absolute atomic E-state index is 0.0160. The van der Waals surface area contributed by atoms with E-state index < -0.39 is 11.6 Å². The summed E-state index contributed by atoms with van der Waals surface area (Å²) < 4.78 is 28.3. The van der Waals surface area contributed by atoms with Gasteiger partial charge in [0.05, 0.1) is 13.2 Å². The Balaban J connectivity index is 1.54. The lowest BCUT2D eigenvalue weighted by molar-refractivity contribution is -0.142. The lowest BCUT2D eigenvalue weighted by Gasteiger charge is -2.17. The zero-order valence-corrected chi connectivity index (χ0v) is 10.8. The second kappa shape index (κ2) is 3.65. The largest absolute Gasteiger partial charge is 0.364 e. The Morgan fingerprint density at radius 1 is 0.765 bits per heavy atom. The smallest absolute Gasteiger partial charge is 0.163 e. The van der Waals surface area contributed by atoms with Gasteiger partial charge in [-0.05, 0) is 27.7 Å². The summed E-state index contributed by atoms with van der Waals surface area (Å²) in [7, 11) is 0. The summed E-state index contributed by atoms with van der Waals surface area (Å²) in [5, 5.41) is 0. The Kier molecular flexibility index (Phi) is 2.55. The predicted molar refractivity (Wildman–Crippen MR) is 58.5 cm³/mol. The summed E-state index contributed by atoms with van der Waals surface area (Å²) in [6, 6.07) is 0. The van der Waals surface area contributed by atoms with E-state index >= 15 is 0 Å². The molecule has 4 atom stereocenters. The molecule has 0 amide bonds. The molecule has 17 heavy (non-hydrogen) atoms. The van der Waals surface area contributed by atoms with Crippen LogP contribution >= 0.6 is 0 Å². The Bertz CT molecular complexity index is 284. The number of rotatable bonds is 2. The van der Waals surface area contributed by atoms with Gasteiger partial charge in [0.2, 0.25) is 0 Å². The topological polar surface area (TPSA) is 49.5 Å². The average Bonchev–Trinajstić information content (AvgIpc) is 2.81. The van der Waals surface area contributed by atoms with Crippen molar-refractivity contribution in [1.29, 1.82) is 0 Å². The second-order valence-electron chi connectivity index (χ2n) is 5.80. The Morgan fingerprint density at radius 3 is 1.47 bits per heavy atom. The molecule has 3 heterocycles. The molecular weight excluding hydrogens is 224 g/mol. The number of hydrogen-bond acceptors (Lipinski definition) is 5. The van der Waals surface area contributed by atoms with Crippen LogP contribution in [0.2, 0.25) is 0 Å². The molecule has 5 heteroatoms. The van der Waals surface area contributed by atoms with E-state index in [1.165, 1.54) is 0 Å². The van der Waals surface area contributed by atoms with Crippen molar-refractivity contribution in [2.24, 2.45) is 0 Å². The van der Waals surface area contributed by atoms with Gasteiger partial charge >= 0.3 is 0 Å². The molecule has 5 nitrogen and oxygen atoms in total. The molecule has 0 aromatic rings. The van der Waals surface area contributed by atoms with Gasteiger partial charge in [0.1, 0.15) is 24.4 Å². The van der Waals surface area contributed by atoms with Crippen LogP contribution in [-0.2, 0) is 23.7 Å². The van der Waals surface area contributed by atoms with Gasteiger partial charge in [0, 0.05) is 0 Å². The first kappa shape index (κ1) is 11.9.